The van der Waals surface area contributed by atoms with Crippen LogP contribution in [0.4, 0.5) is 0 Å². The SMILES string of the molecule is CN(CC1CCCN1C)C(=O)CCC(=O)O. The zero-order chi connectivity index (χ0) is 12.1. The summed E-state index contributed by atoms with van der Waals surface area (Å²) >= 11 is 0. The van der Waals surface area contributed by atoms with E-state index in [1.165, 1.54) is 6.42 Å². The molecule has 0 radical (unpaired) electrons. The Balaban J connectivity index is 2.30. The second-order valence-corrected chi connectivity index (χ2v) is 4.44. The third-order valence-corrected chi connectivity index (χ3v) is 3.13. The molecule has 1 saturated heterocycles. The summed E-state index contributed by atoms with van der Waals surface area (Å²) in [6, 6.07) is 0.429. The lowest BCUT2D eigenvalue weighted by atomic mass is 10.2. The Labute approximate surface area is 96.0 Å². The molecule has 0 aromatic rings. The van der Waals surface area contributed by atoms with Crippen LogP contribution in [0.3, 0.4) is 0 Å². The highest BCUT2D eigenvalue weighted by molar-refractivity contribution is 5.80. The van der Waals surface area contributed by atoms with E-state index in [0.29, 0.717) is 12.6 Å². The Morgan fingerprint density at radius 1 is 1.44 bits per heavy atom. The summed E-state index contributed by atoms with van der Waals surface area (Å²) in [6.45, 7) is 1.79. The maximum Gasteiger partial charge on any atom is 0.303 e. The van der Waals surface area contributed by atoms with Gasteiger partial charge >= 0.3 is 5.97 Å². The summed E-state index contributed by atoms with van der Waals surface area (Å²) in [5.41, 5.74) is 0. The van der Waals surface area contributed by atoms with Crippen molar-refractivity contribution in [2.24, 2.45) is 0 Å². The second kappa shape index (κ2) is 5.84. The van der Waals surface area contributed by atoms with E-state index in [1.54, 1.807) is 11.9 Å². The fourth-order valence-electron chi connectivity index (χ4n) is 2.03. The van der Waals surface area contributed by atoms with Crippen LogP contribution >= 0.6 is 0 Å². The highest BCUT2D eigenvalue weighted by Gasteiger charge is 2.23. The Morgan fingerprint density at radius 2 is 2.12 bits per heavy atom. The summed E-state index contributed by atoms with van der Waals surface area (Å²) in [6.07, 6.45) is 2.32. The van der Waals surface area contributed by atoms with Crippen LogP contribution in [0.25, 0.3) is 0 Å². The number of carbonyl (C=O) groups excluding carboxylic acids is 1. The Bertz CT molecular complexity index is 268. The summed E-state index contributed by atoms with van der Waals surface area (Å²) in [4.78, 5) is 25.8. The average molecular weight is 228 g/mol. The fourth-order valence-corrected chi connectivity index (χ4v) is 2.03. The summed E-state index contributed by atoms with van der Waals surface area (Å²) in [7, 11) is 3.81. The van der Waals surface area contributed by atoms with Gasteiger partial charge in [0, 0.05) is 26.1 Å². The molecule has 1 aliphatic rings. The van der Waals surface area contributed by atoms with E-state index in [-0.39, 0.29) is 18.7 Å². The van der Waals surface area contributed by atoms with Crippen molar-refractivity contribution in [1.29, 1.82) is 0 Å². The molecule has 0 aromatic heterocycles. The van der Waals surface area contributed by atoms with Gasteiger partial charge in [-0.1, -0.05) is 0 Å². The van der Waals surface area contributed by atoms with Crippen LogP contribution in [-0.2, 0) is 9.59 Å². The third-order valence-electron chi connectivity index (χ3n) is 3.13. The van der Waals surface area contributed by atoms with Gasteiger partial charge in [0.2, 0.25) is 5.91 Å². The van der Waals surface area contributed by atoms with Gasteiger partial charge in [-0.25, -0.2) is 0 Å². The van der Waals surface area contributed by atoms with E-state index >= 15 is 0 Å². The lowest BCUT2D eigenvalue weighted by Crippen LogP contribution is -2.39. The van der Waals surface area contributed by atoms with Crippen LogP contribution in [0.15, 0.2) is 0 Å². The van der Waals surface area contributed by atoms with Crippen LogP contribution in [0.5, 0.6) is 0 Å². The zero-order valence-corrected chi connectivity index (χ0v) is 9.98. The van der Waals surface area contributed by atoms with Crippen molar-refractivity contribution in [3.05, 3.63) is 0 Å². The fraction of sp³-hybridized carbons (Fsp3) is 0.818. The van der Waals surface area contributed by atoms with Gasteiger partial charge in [-0.05, 0) is 26.4 Å². The quantitative estimate of drug-likeness (QED) is 0.740. The molecule has 5 heteroatoms. The first-order chi connectivity index (χ1) is 7.50. The van der Waals surface area contributed by atoms with E-state index in [0.717, 1.165) is 13.0 Å². The molecule has 0 spiro atoms. The predicted molar refractivity (Wildman–Crippen MR) is 60.2 cm³/mol. The molecule has 92 valence electrons. The molecule has 1 unspecified atom stereocenters. The second-order valence-electron chi connectivity index (χ2n) is 4.44. The standard InChI is InChI=1S/C11H20N2O3/c1-12-7-3-4-9(12)8-13(2)10(14)5-6-11(15)16/h9H,3-8H2,1-2H3,(H,15,16). The first kappa shape index (κ1) is 13.0. The van der Waals surface area contributed by atoms with E-state index < -0.39 is 5.97 Å². The van der Waals surface area contributed by atoms with Crippen LogP contribution in [0.1, 0.15) is 25.7 Å². The van der Waals surface area contributed by atoms with Crippen LogP contribution in [-0.4, -0.2) is 60.0 Å². The molecule has 1 amide bonds. The van der Waals surface area contributed by atoms with Crippen molar-refractivity contribution in [2.75, 3.05) is 27.2 Å². The molecule has 1 atom stereocenters. The number of nitrogens with zero attached hydrogens (tertiary/aromatic N) is 2. The highest BCUT2D eigenvalue weighted by Crippen LogP contribution is 2.15. The van der Waals surface area contributed by atoms with Gasteiger partial charge in [0.1, 0.15) is 0 Å². The van der Waals surface area contributed by atoms with Crippen molar-refractivity contribution >= 4 is 11.9 Å². The van der Waals surface area contributed by atoms with Gasteiger partial charge < -0.3 is 14.9 Å². The number of hydrogen-bond donors (Lipinski definition) is 1. The minimum absolute atomic E-state index is 0.0797. The number of aliphatic carboxylic acids is 1. The number of rotatable bonds is 5. The first-order valence-electron chi connectivity index (χ1n) is 5.66. The summed E-state index contributed by atoms with van der Waals surface area (Å²) in [5, 5.41) is 8.49. The van der Waals surface area contributed by atoms with Crippen LogP contribution in [0, 0.1) is 0 Å². The number of carbonyl (C=O) groups is 2. The first-order valence-corrected chi connectivity index (χ1v) is 5.66. The number of likely N-dealkylation sites (tertiary alicyclic amines) is 1. The molecule has 1 rings (SSSR count). The van der Waals surface area contributed by atoms with Crippen LogP contribution < -0.4 is 0 Å². The van der Waals surface area contributed by atoms with Crippen molar-refractivity contribution < 1.29 is 14.7 Å². The zero-order valence-electron chi connectivity index (χ0n) is 9.98. The largest absolute Gasteiger partial charge is 0.481 e. The van der Waals surface area contributed by atoms with Crippen molar-refractivity contribution in [1.82, 2.24) is 9.80 Å². The minimum Gasteiger partial charge on any atom is -0.481 e. The molecule has 16 heavy (non-hydrogen) atoms. The van der Waals surface area contributed by atoms with Gasteiger partial charge in [0.25, 0.3) is 0 Å². The smallest absolute Gasteiger partial charge is 0.303 e. The number of hydrogen-bond acceptors (Lipinski definition) is 3. The van der Waals surface area contributed by atoms with E-state index in [1.807, 2.05) is 0 Å². The van der Waals surface area contributed by atoms with Crippen molar-refractivity contribution in [2.45, 2.75) is 31.7 Å². The lowest BCUT2D eigenvalue weighted by molar-refractivity contribution is -0.140. The van der Waals surface area contributed by atoms with Gasteiger partial charge in [-0.15, -0.1) is 0 Å². The van der Waals surface area contributed by atoms with Crippen molar-refractivity contribution in [3.63, 3.8) is 0 Å². The van der Waals surface area contributed by atoms with Gasteiger partial charge in [-0.2, -0.15) is 0 Å². The highest BCUT2D eigenvalue weighted by atomic mass is 16.4. The predicted octanol–water partition coefficient (Wildman–Crippen LogP) is 0.404. The molecule has 1 heterocycles. The number of likely N-dealkylation sites (N-methyl/N-ethyl adjacent to an activating group) is 2. The van der Waals surface area contributed by atoms with Gasteiger partial charge in [0.05, 0.1) is 6.42 Å². The van der Waals surface area contributed by atoms with E-state index in [4.69, 9.17) is 5.11 Å². The molecule has 1 N–H and O–H groups in total. The Morgan fingerprint density at radius 3 is 2.62 bits per heavy atom. The Kier molecular flexibility index (Phi) is 4.73. The molecular formula is C11H20N2O3. The number of carboxylic acid groups (broad SMARTS) is 1. The maximum absolute atomic E-state index is 11.6. The molecule has 1 aliphatic heterocycles. The molecule has 0 aliphatic carbocycles. The summed E-state index contributed by atoms with van der Waals surface area (Å²) in [5.74, 6) is -0.998. The molecular weight excluding hydrogens is 208 g/mol. The number of amides is 1. The van der Waals surface area contributed by atoms with Crippen molar-refractivity contribution in [3.8, 4) is 0 Å². The normalized spacial score (nSPS) is 21.0. The minimum atomic E-state index is -0.917. The maximum atomic E-state index is 11.6. The van der Waals surface area contributed by atoms with E-state index in [2.05, 4.69) is 11.9 Å². The molecule has 0 bridgehead atoms. The third kappa shape index (κ3) is 3.81. The monoisotopic (exact) mass is 228 g/mol. The Hall–Kier alpha value is -1.10. The van der Waals surface area contributed by atoms with E-state index in [9.17, 15) is 9.59 Å². The topological polar surface area (TPSA) is 60.9 Å². The molecule has 5 nitrogen and oxygen atoms in total. The number of carboxylic acids is 1. The molecule has 1 fully saturated rings. The summed E-state index contributed by atoms with van der Waals surface area (Å²) < 4.78 is 0. The van der Waals surface area contributed by atoms with Gasteiger partial charge in [0.15, 0.2) is 0 Å². The van der Waals surface area contributed by atoms with Gasteiger partial charge in [-0.3, -0.25) is 9.59 Å². The lowest BCUT2D eigenvalue weighted by Gasteiger charge is -2.25. The molecule has 0 saturated carbocycles. The average Bonchev–Trinajstić information content (AvgIpc) is 2.60. The molecule has 0 aromatic carbocycles. The van der Waals surface area contributed by atoms with Crippen LogP contribution in [0.2, 0.25) is 0 Å².